The Kier molecular flexibility index (Phi) is 5.03. The maximum atomic E-state index is 11.3. The minimum Gasteiger partial charge on any atom is -0.450 e. The number of nitrogens with one attached hydrogen (secondary N) is 2. The van der Waals surface area contributed by atoms with E-state index in [0.717, 1.165) is 37.4 Å². The molecule has 104 valence electrons. The second kappa shape index (κ2) is 6.99. The molecule has 1 aliphatic rings. The van der Waals surface area contributed by atoms with Crippen molar-refractivity contribution in [1.82, 2.24) is 0 Å². The third kappa shape index (κ3) is 4.44. The van der Waals surface area contributed by atoms with Crippen molar-refractivity contribution in [3.8, 4) is 0 Å². The summed E-state index contributed by atoms with van der Waals surface area (Å²) in [6.45, 7) is 3.79. The summed E-state index contributed by atoms with van der Waals surface area (Å²) in [5.74, 6) is 0. The molecule has 5 heteroatoms. The van der Waals surface area contributed by atoms with Crippen LogP contribution in [-0.2, 0) is 9.47 Å². The van der Waals surface area contributed by atoms with Gasteiger partial charge in [-0.15, -0.1) is 0 Å². The predicted octanol–water partition coefficient (Wildman–Crippen LogP) is 2.85. The second-order valence-electron chi connectivity index (χ2n) is 4.45. The lowest BCUT2D eigenvalue weighted by atomic mass is 10.1. The van der Waals surface area contributed by atoms with Gasteiger partial charge in [-0.2, -0.15) is 0 Å². The molecule has 0 saturated carbocycles. The van der Waals surface area contributed by atoms with Crippen LogP contribution in [0.25, 0.3) is 0 Å². The molecule has 0 aromatic heterocycles. The highest BCUT2D eigenvalue weighted by molar-refractivity contribution is 5.84. The van der Waals surface area contributed by atoms with Crippen LogP contribution in [0.15, 0.2) is 24.3 Å². The number of hydrogen-bond donors (Lipinski definition) is 2. The normalized spacial score (nSPS) is 15.8. The standard InChI is InChI=1S/C14H20N2O3/c1-2-19-14(17)16-12-5-3-11(4-6-12)15-13-7-9-18-10-8-13/h3-6,13,15H,2,7-10H2,1H3,(H,16,17). The van der Waals surface area contributed by atoms with Gasteiger partial charge in [-0.1, -0.05) is 0 Å². The van der Waals surface area contributed by atoms with Gasteiger partial charge < -0.3 is 14.8 Å². The van der Waals surface area contributed by atoms with Gasteiger partial charge in [0.05, 0.1) is 6.61 Å². The summed E-state index contributed by atoms with van der Waals surface area (Å²) in [5, 5.41) is 6.13. The van der Waals surface area contributed by atoms with Crippen LogP contribution in [0.3, 0.4) is 0 Å². The molecule has 0 atom stereocenters. The van der Waals surface area contributed by atoms with Gasteiger partial charge in [-0.25, -0.2) is 4.79 Å². The molecule has 1 fully saturated rings. The van der Waals surface area contributed by atoms with E-state index in [1.54, 1.807) is 6.92 Å². The van der Waals surface area contributed by atoms with Crippen molar-refractivity contribution >= 4 is 17.5 Å². The summed E-state index contributed by atoms with van der Waals surface area (Å²) >= 11 is 0. The fourth-order valence-corrected chi connectivity index (χ4v) is 2.01. The first kappa shape index (κ1) is 13.7. The number of carbonyl (C=O) groups excluding carboxylic acids is 1. The van der Waals surface area contributed by atoms with E-state index in [2.05, 4.69) is 10.6 Å². The molecule has 0 unspecified atom stereocenters. The Balaban J connectivity index is 1.85. The zero-order valence-electron chi connectivity index (χ0n) is 11.1. The van der Waals surface area contributed by atoms with E-state index in [0.29, 0.717) is 12.6 Å². The highest BCUT2D eigenvalue weighted by Crippen LogP contribution is 2.17. The largest absolute Gasteiger partial charge is 0.450 e. The van der Waals surface area contributed by atoms with E-state index in [4.69, 9.17) is 9.47 Å². The van der Waals surface area contributed by atoms with Crippen molar-refractivity contribution in [2.75, 3.05) is 30.5 Å². The van der Waals surface area contributed by atoms with Crippen LogP contribution in [-0.4, -0.2) is 32.0 Å². The summed E-state index contributed by atoms with van der Waals surface area (Å²) in [4.78, 5) is 11.3. The van der Waals surface area contributed by atoms with Gasteiger partial charge in [0.15, 0.2) is 0 Å². The van der Waals surface area contributed by atoms with Gasteiger partial charge in [-0.3, -0.25) is 5.32 Å². The molecule has 2 rings (SSSR count). The van der Waals surface area contributed by atoms with E-state index in [1.807, 2.05) is 24.3 Å². The van der Waals surface area contributed by atoms with Crippen molar-refractivity contribution < 1.29 is 14.3 Å². The molecule has 5 nitrogen and oxygen atoms in total. The number of carbonyl (C=O) groups is 1. The third-order valence-electron chi connectivity index (χ3n) is 3.00. The molecule has 2 N–H and O–H groups in total. The minimum atomic E-state index is -0.423. The number of rotatable bonds is 4. The maximum Gasteiger partial charge on any atom is 0.411 e. The smallest absolute Gasteiger partial charge is 0.411 e. The van der Waals surface area contributed by atoms with Crippen molar-refractivity contribution in [2.45, 2.75) is 25.8 Å². The first-order valence-electron chi connectivity index (χ1n) is 6.66. The van der Waals surface area contributed by atoms with Crippen LogP contribution >= 0.6 is 0 Å². The zero-order valence-corrected chi connectivity index (χ0v) is 11.1. The lowest BCUT2D eigenvalue weighted by Crippen LogP contribution is -2.27. The molecule has 0 bridgehead atoms. The highest BCUT2D eigenvalue weighted by Gasteiger charge is 2.13. The molecule has 0 radical (unpaired) electrons. The van der Waals surface area contributed by atoms with E-state index in [9.17, 15) is 4.79 Å². The minimum absolute atomic E-state index is 0.370. The van der Waals surface area contributed by atoms with Crippen molar-refractivity contribution in [1.29, 1.82) is 0 Å². The lowest BCUT2D eigenvalue weighted by molar-refractivity contribution is 0.0904. The van der Waals surface area contributed by atoms with Crippen LogP contribution in [0.2, 0.25) is 0 Å². The van der Waals surface area contributed by atoms with Crippen LogP contribution in [0.4, 0.5) is 16.2 Å². The van der Waals surface area contributed by atoms with Crippen molar-refractivity contribution in [3.63, 3.8) is 0 Å². The van der Waals surface area contributed by atoms with Crippen molar-refractivity contribution in [2.24, 2.45) is 0 Å². The monoisotopic (exact) mass is 264 g/mol. The molecule has 1 heterocycles. The number of hydrogen-bond acceptors (Lipinski definition) is 4. The van der Waals surface area contributed by atoms with Crippen LogP contribution in [0.5, 0.6) is 0 Å². The Hall–Kier alpha value is -1.75. The van der Waals surface area contributed by atoms with E-state index < -0.39 is 6.09 Å². The van der Waals surface area contributed by atoms with Gasteiger partial charge in [0.2, 0.25) is 0 Å². The van der Waals surface area contributed by atoms with Gasteiger partial charge in [-0.05, 0) is 44.0 Å². The first-order chi connectivity index (χ1) is 9.28. The summed E-state index contributed by atoms with van der Waals surface area (Å²) in [7, 11) is 0. The highest BCUT2D eigenvalue weighted by atomic mass is 16.5. The summed E-state index contributed by atoms with van der Waals surface area (Å²) < 4.78 is 10.1. The topological polar surface area (TPSA) is 59.6 Å². The molecule has 0 aliphatic carbocycles. The van der Waals surface area contributed by atoms with E-state index >= 15 is 0 Å². The predicted molar refractivity (Wildman–Crippen MR) is 74.6 cm³/mol. The molecule has 1 aromatic carbocycles. The Morgan fingerprint density at radius 1 is 1.26 bits per heavy atom. The van der Waals surface area contributed by atoms with Gasteiger partial charge >= 0.3 is 6.09 Å². The third-order valence-corrected chi connectivity index (χ3v) is 3.00. The Morgan fingerprint density at radius 2 is 1.89 bits per heavy atom. The van der Waals surface area contributed by atoms with Gasteiger partial charge in [0.25, 0.3) is 0 Å². The first-order valence-corrected chi connectivity index (χ1v) is 6.66. The molecule has 1 aliphatic heterocycles. The average Bonchev–Trinajstić information content (AvgIpc) is 2.42. The van der Waals surface area contributed by atoms with E-state index in [1.165, 1.54) is 0 Å². The number of benzene rings is 1. The SMILES string of the molecule is CCOC(=O)Nc1ccc(NC2CCOCC2)cc1. The molecule has 19 heavy (non-hydrogen) atoms. The van der Waals surface area contributed by atoms with E-state index in [-0.39, 0.29) is 0 Å². The number of ether oxygens (including phenoxy) is 2. The Bertz CT molecular complexity index is 400. The van der Waals surface area contributed by atoms with Crippen LogP contribution in [0, 0.1) is 0 Å². The molecule has 0 spiro atoms. The number of amides is 1. The molecule has 1 aromatic rings. The summed E-state index contributed by atoms with van der Waals surface area (Å²) in [6.07, 6.45) is 1.64. The average molecular weight is 264 g/mol. The number of anilines is 2. The maximum absolute atomic E-state index is 11.3. The lowest BCUT2D eigenvalue weighted by Gasteiger charge is -2.24. The van der Waals surface area contributed by atoms with Crippen LogP contribution in [0.1, 0.15) is 19.8 Å². The van der Waals surface area contributed by atoms with Gasteiger partial charge in [0.1, 0.15) is 0 Å². The summed E-state index contributed by atoms with van der Waals surface area (Å²) in [6, 6.07) is 8.10. The van der Waals surface area contributed by atoms with Crippen LogP contribution < -0.4 is 10.6 Å². The fraction of sp³-hybridized carbons (Fsp3) is 0.500. The summed E-state index contributed by atoms with van der Waals surface area (Å²) in [5.41, 5.74) is 1.79. The fourth-order valence-electron chi connectivity index (χ4n) is 2.01. The second-order valence-corrected chi connectivity index (χ2v) is 4.45. The van der Waals surface area contributed by atoms with Gasteiger partial charge in [0, 0.05) is 30.6 Å². The molecular weight excluding hydrogens is 244 g/mol. The zero-order chi connectivity index (χ0) is 13.5. The quantitative estimate of drug-likeness (QED) is 0.878. The Morgan fingerprint density at radius 3 is 2.53 bits per heavy atom. The Labute approximate surface area is 113 Å². The van der Waals surface area contributed by atoms with Crippen molar-refractivity contribution in [3.05, 3.63) is 24.3 Å². The molecule has 1 saturated heterocycles. The molecular formula is C14H20N2O3. The molecule has 1 amide bonds.